The van der Waals surface area contributed by atoms with Gasteiger partial charge in [0.15, 0.2) is 5.82 Å². The first-order chi connectivity index (χ1) is 12.2. The summed E-state index contributed by atoms with van der Waals surface area (Å²) >= 11 is 0. The second-order valence-corrected chi connectivity index (χ2v) is 7.65. The first kappa shape index (κ1) is 17.0. The molecule has 3 saturated heterocycles. The number of imidazole rings is 1. The highest BCUT2D eigenvalue weighted by atomic mass is 16.5. The molecule has 4 atom stereocenters. The zero-order valence-corrected chi connectivity index (χ0v) is 14.9. The molecule has 7 heteroatoms. The predicted octanol–water partition coefficient (Wildman–Crippen LogP) is 0.523. The average Bonchev–Trinajstić information content (AvgIpc) is 3.34. The van der Waals surface area contributed by atoms with Crippen LogP contribution in [0.4, 0.5) is 0 Å². The zero-order valence-electron chi connectivity index (χ0n) is 14.9. The Labute approximate surface area is 148 Å². The lowest BCUT2D eigenvalue weighted by molar-refractivity contribution is 0.0729. The van der Waals surface area contributed by atoms with Crippen molar-refractivity contribution >= 4 is 5.91 Å². The van der Waals surface area contributed by atoms with Gasteiger partial charge in [-0.25, -0.2) is 4.98 Å². The topological polar surface area (TPSA) is 68.6 Å². The second kappa shape index (κ2) is 7.43. The fourth-order valence-corrected chi connectivity index (χ4v) is 4.49. The van der Waals surface area contributed by atoms with E-state index < -0.39 is 0 Å². The molecule has 3 aliphatic heterocycles. The first-order valence-electron chi connectivity index (χ1n) is 9.38. The molecule has 0 aliphatic carbocycles. The second-order valence-electron chi connectivity index (χ2n) is 7.65. The largest absolute Gasteiger partial charge is 0.381 e. The number of ether oxygens (including phenoxy) is 2. The maximum Gasteiger partial charge on any atom is 0.287 e. The van der Waals surface area contributed by atoms with Crippen molar-refractivity contribution in [1.82, 2.24) is 19.8 Å². The van der Waals surface area contributed by atoms with Crippen molar-refractivity contribution < 1.29 is 14.3 Å². The van der Waals surface area contributed by atoms with Crippen molar-refractivity contribution in [1.29, 1.82) is 0 Å². The molecule has 7 nitrogen and oxygen atoms in total. The van der Waals surface area contributed by atoms with E-state index in [2.05, 4.69) is 15.2 Å². The third-order valence-corrected chi connectivity index (χ3v) is 5.91. The molecule has 1 aromatic rings. The number of fused-ring (bicyclic) bond motifs is 1. The number of nitrogens with zero attached hydrogens (tertiary/aromatic N) is 3. The summed E-state index contributed by atoms with van der Waals surface area (Å²) in [4.78, 5) is 18.9. The van der Waals surface area contributed by atoms with Crippen molar-refractivity contribution in [2.75, 3.05) is 46.0 Å². The molecule has 138 valence electrons. The van der Waals surface area contributed by atoms with Gasteiger partial charge >= 0.3 is 0 Å². The Bertz CT molecular complexity index is 599. The van der Waals surface area contributed by atoms with Gasteiger partial charge in [-0.15, -0.1) is 0 Å². The summed E-state index contributed by atoms with van der Waals surface area (Å²) in [7, 11) is 1.83. The van der Waals surface area contributed by atoms with Gasteiger partial charge in [-0.3, -0.25) is 4.79 Å². The van der Waals surface area contributed by atoms with Crippen LogP contribution in [0.1, 0.15) is 23.5 Å². The Kier molecular flexibility index (Phi) is 5.05. The minimum atomic E-state index is -0.127. The molecule has 1 N–H and O–H groups in total. The number of amides is 1. The van der Waals surface area contributed by atoms with Crippen molar-refractivity contribution in [3.8, 4) is 0 Å². The van der Waals surface area contributed by atoms with E-state index in [1.807, 2.05) is 7.05 Å². The summed E-state index contributed by atoms with van der Waals surface area (Å²) in [5.74, 6) is 2.16. The van der Waals surface area contributed by atoms with Crippen LogP contribution in [0.5, 0.6) is 0 Å². The van der Waals surface area contributed by atoms with Gasteiger partial charge in [0.2, 0.25) is 0 Å². The SMILES string of the molecule is Cn1ccnc1C(=O)NC[C@@H]1OC[C@H]2CN(C[C@@H]3CCOC3)CC[C@H]21. The van der Waals surface area contributed by atoms with Crippen molar-refractivity contribution in [2.24, 2.45) is 24.8 Å². The predicted molar refractivity (Wildman–Crippen MR) is 92.2 cm³/mol. The summed E-state index contributed by atoms with van der Waals surface area (Å²) in [6.45, 7) is 6.63. The molecule has 0 bridgehead atoms. The van der Waals surface area contributed by atoms with E-state index in [1.54, 1.807) is 17.0 Å². The molecule has 3 aliphatic rings. The van der Waals surface area contributed by atoms with E-state index in [0.717, 1.165) is 45.9 Å². The Balaban J connectivity index is 1.26. The van der Waals surface area contributed by atoms with Crippen LogP contribution < -0.4 is 5.32 Å². The number of hydrogen-bond donors (Lipinski definition) is 1. The van der Waals surface area contributed by atoms with Crippen LogP contribution in [0, 0.1) is 17.8 Å². The number of aromatic nitrogens is 2. The Morgan fingerprint density at radius 1 is 1.40 bits per heavy atom. The minimum absolute atomic E-state index is 0.127. The van der Waals surface area contributed by atoms with E-state index in [-0.39, 0.29) is 12.0 Å². The van der Waals surface area contributed by atoms with E-state index in [9.17, 15) is 4.79 Å². The summed E-state index contributed by atoms with van der Waals surface area (Å²) in [6.07, 6.45) is 5.90. The van der Waals surface area contributed by atoms with Gasteiger partial charge in [-0.05, 0) is 31.2 Å². The molecule has 3 fully saturated rings. The molecule has 0 aromatic carbocycles. The summed E-state index contributed by atoms with van der Waals surface area (Å²) < 4.78 is 13.3. The number of nitrogens with one attached hydrogen (secondary N) is 1. The highest BCUT2D eigenvalue weighted by molar-refractivity contribution is 5.90. The monoisotopic (exact) mass is 348 g/mol. The molecule has 1 aromatic heterocycles. The molecule has 0 radical (unpaired) electrons. The highest BCUT2D eigenvalue weighted by Gasteiger charge is 2.41. The van der Waals surface area contributed by atoms with Gasteiger partial charge in [0.25, 0.3) is 5.91 Å². The Morgan fingerprint density at radius 3 is 3.08 bits per heavy atom. The van der Waals surface area contributed by atoms with Crippen LogP contribution in [0.25, 0.3) is 0 Å². The molecule has 4 heterocycles. The summed E-state index contributed by atoms with van der Waals surface area (Å²) in [5, 5.41) is 2.99. The fraction of sp³-hybridized carbons (Fsp3) is 0.778. The van der Waals surface area contributed by atoms with Gasteiger partial charge in [0.1, 0.15) is 0 Å². The number of piperidine rings is 1. The van der Waals surface area contributed by atoms with Crippen LogP contribution in [0.15, 0.2) is 12.4 Å². The van der Waals surface area contributed by atoms with Gasteiger partial charge in [-0.2, -0.15) is 0 Å². The third kappa shape index (κ3) is 3.73. The Hall–Kier alpha value is -1.44. The zero-order chi connectivity index (χ0) is 17.2. The fourth-order valence-electron chi connectivity index (χ4n) is 4.49. The van der Waals surface area contributed by atoms with Crippen LogP contribution >= 0.6 is 0 Å². The molecular weight excluding hydrogens is 320 g/mol. The molecular formula is C18H28N4O3. The molecule has 0 unspecified atom stereocenters. The molecule has 1 amide bonds. The Morgan fingerprint density at radius 2 is 2.32 bits per heavy atom. The van der Waals surface area contributed by atoms with E-state index in [0.29, 0.717) is 30.1 Å². The van der Waals surface area contributed by atoms with E-state index in [1.165, 1.54) is 6.42 Å². The lowest BCUT2D eigenvalue weighted by Gasteiger charge is -2.36. The van der Waals surface area contributed by atoms with Gasteiger partial charge in [0.05, 0.1) is 19.3 Å². The minimum Gasteiger partial charge on any atom is -0.381 e. The third-order valence-electron chi connectivity index (χ3n) is 5.91. The van der Waals surface area contributed by atoms with Crippen molar-refractivity contribution in [3.63, 3.8) is 0 Å². The number of aryl methyl sites for hydroxylation is 1. The molecule has 4 rings (SSSR count). The number of likely N-dealkylation sites (tertiary alicyclic amines) is 1. The summed E-state index contributed by atoms with van der Waals surface area (Å²) in [6, 6.07) is 0. The lowest BCUT2D eigenvalue weighted by Crippen LogP contribution is -2.45. The number of hydrogen-bond acceptors (Lipinski definition) is 5. The van der Waals surface area contributed by atoms with Gasteiger partial charge in [0, 0.05) is 51.6 Å². The smallest absolute Gasteiger partial charge is 0.287 e. The maximum atomic E-state index is 12.2. The van der Waals surface area contributed by atoms with E-state index >= 15 is 0 Å². The van der Waals surface area contributed by atoms with Crippen molar-refractivity contribution in [3.05, 3.63) is 18.2 Å². The maximum absolute atomic E-state index is 12.2. The summed E-state index contributed by atoms with van der Waals surface area (Å²) in [5.41, 5.74) is 0. The van der Waals surface area contributed by atoms with Crippen LogP contribution in [0.2, 0.25) is 0 Å². The number of rotatable bonds is 5. The van der Waals surface area contributed by atoms with Gasteiger partial charge in [-0.1, -0.05) is 0 Å². The first-order valence-corrected chi connectivity index (χ1v) is 9.38. The molecule has 25 heavy (non-hydrogen) atoms. The quantitative estimate of drug-likeness (QED) is 0.840. The molecule has 0 spiro atoms. The normalized spacial score (nSPS) is 32.7. The number of carbonyl (C=O) groups excluding carboxylic acids is 1. The van der Waals surface area contributed by atoms with Crippen LogP contribution in [-0.4, -0.2) is 72.5 Å². The van der Waals surface area contributed by atoms with Gasteiger partial charge < -0.3 is 24.3 Å². The average molecular weight is 348 g/mol. The van der Waals surface area contributed by atoms with Crippen molar-refractivity contribution in [2.45, 2.75) is 18.9 Å². The molecule has 0 saturated carbocycles. The van der Waals surface area contributed by atoms with E-state index in [4.69, 9.17) is 9.47 Å². The number of carbonyl (C=O) groups is 1. The van der Waals surface area contributed by atoms with Crippen LogP contribution in [0.3, 0.4) is 0 Å². The van der Waals surface area contributed by atoms with Crippen LogP contribution in [-0.2, 0) is 16.5 Å². The standard InChI is InChI=1S/C18H28N4O3/c1-21-6-4-19-17(21)18(23)20-8-16-15-2-5-22(10-14(15)12-25-16)9-13-3-7-24-11-13/h4,6,13-16H,2-3,5,7-12H2,1H3,(H,20,23)/t13-,14+,15+,16-/m0/s1. The lowest BCUT2D eigenvalue weighted by atomic mass is 9.84. The highest BCUT2D eigenvalue weighted by Crippen LogP contribution is 2.34.